The number of benzene rings is 2. The van der Waals surface area contributed by atoms with Crippen LogP contribution in [-0.2, 0) is 19.1 Å². The first kappa shape index (κ1) is 25.9. The number of anilines is 1. The number of carbonyl (C=O) groups is 4. The second-order valence-corrected chi connectivity index (χ2v) is 8.22. The maximum Gasteiger partial charge on any atom is 0.329 e. The van der Waals surface area contributed by atoms with Gasteiger partial charge in [-0.1, -0.05) is 0 Å². The van der Waals surface area contributed by atoms with Gasteiger partial charge in [0.2, 0.25) is 0 Å². The summed E-state index contributed by atoms with van der Waals surface area (Å²) in [5.41, 5.74) is 0.917. The number of amides is 4. The van der Waals surface area contributed by atoms with Crippen LogP contribution >= 0.6 is 22.6 Å². The predicted octanol–water partition coefficient (Wildman–Crippen LogP) is 2.91. The van der Waals surface area contributed by atoms with E-state index in [0.717, 1.165) is 12.0 Å². The molecule has 35 heavy (non-hydrogen) atoms. The minimum absolute atomic E-state index is 0.0236. The summed E-state index contributed by atoms with van der Waals surface area (Å²) in [5, 5.41) is 5.03. The van der Waals surface area contributed by atoms with E-state index >= 15 is 0 Å². The van der Waals surface area contributed by atoms with E-state index in [2.05, 4.69) is 15.4 Å². The molecule has 12 heteroatoms. The predicted molar refractivity (Wildman–Crippen MR) is 131 cm³/mol. The van der Waals surface area contributed by atoms with Gasteiger partial charge in [-0.3, -0.25) is 14.4 Å². The van der Waals surface area contributed by atoms with Crippen molar-refractivity contribution in [1.82, 2.24) is 10.2 Å². The molecule has 184 valence electrons. The summed E-state index contributed by atoms with van der Waals surface area (Å²) in [5.74, 6) is -1.63. The summed E-state index contributed by atoms with van der Waals surface area (Å²) < 4.78 is 29.4. The Hall–Kier alpha value is -3.68. The van der Waals surface area contributed by atoms with Gasteiger partial charge in [0.05, 0.1) is 17.3 Å². The topological polar surface area (TPSA) is 123 Å². The molecule has 4 amide bonds. The summed E-state index contributed by atoms with van der Waals surface area (Å²) in [6.45, 7) is 1.24. The molecule has 1 aliphatic heterocycles. The summed E-state index contributed by atoms with van der Waals surface area (Å²) >= 11 is 1.99. The summed E-state index contributed by atoms with van der Waals surface area (Å²) in [7, 11) is 1.16. The van der Waals surface area contributed by atoms with Crippen LogP contribution in [0.2, 0.25) is 0 Å². The maximum absolute atomic E-state index is 13.0. The van der Waals surface area contributed by atoms with Crippen LogP contribution in [0.4, 0.5) is 14.9 Å². The standard InChI is InChI=1S/C23H21FIN3O7/c1-3-34-18-10-13(9-17-22(31)28(23(32)27-17)11-20(30)33-2)8-16(25)21(18)35-12-19(29)26-15-6-4-14(24)5-7-15/h4-10H,3,11-12H2,1-2H3,(H,26,29)(H,27,32)/b17-9+. The fraction of sp³-hybridized carbons (Fsp3) is 0.217. The minimum atomic E-state index is -0.738. The van der Waals surface area contributed by atoms with Crippen LogP contribution in [0.3, 0.4) is 0 Å². The van der Waals surface area contributed by atoms with Gasteiger partial charge in [0.15, 0.2) is 18.1 Å². The first-order valence-electron chi connectivity index (χ1n) is 10.3. The molecule has 0 bridgehead atoms. The number of carbonyl (C=O) groups excluding carboxylic acids is 4. The van der Waals surface area contributed by atoms with E-state index in [1.807, 2.05) is 22.6 Å². The third-order valence-corrected chi connectivity index (χ3v) is 5.40. The normalized spacial score (nSPS) is 14.1. The van der Waals surface area contributed by atoms with Crippen molar-refractivity contribution in [3.8, 4) is 11.5 Å². The number of hydrogen-bond donors (Lipinski definition) is 2. The Morgan fingerprint density at radius 3 is 2.54 bits per heavy atom. The molecule has 2 aromatic rings. The van der Waals surface area contributed by atoms with Crippen LogP contribution in [0.15, 0.2) is 42.1 Å². The third kappa shape index (κ3) is 6.68. The number of hydrogen-bond acceptors (Lipinski definition) is 7. The molecule has 0 radical (unpaired) electrons. The van der Waals surface area contributed by atoms with E-state index in [9.17, 15) is 23.6 Å². The van der Waals surface area contributed by atoms with Crippen LogP contribution in [-0.4, -0.2) is 55.6 Å². The van der Waals surface area contributed by atoms with Gasteiger partial charge in [0.25, 0.3) is 11.8 Å². The van der Waals surface area contributed by atoms with Crippen molar-refractivity contribution in [2.75, 3.05) is 32.2 Å². The van der Waals surface area contributed by atoms with E-state index in [0.29, 0.717) is 32.9 Å². The molecular weight excluding hydrogens is 576 g/mol. The zero-order valence-electron chi connectivity index (χ0n) is 18.7. The van der Waals surface area contributed by atoms with Gasteiger partial charge in [0, 0.05) is 5.69 Å². The highest BCUT2D eigenvalue weighted by Crippen LogP contribution is 2.35. The van der Waals surface area contributed by atoms with Crippen molar-refractivity contribution < 1.29 is 37.8 Å². The number of nitrogens with zero attached hydrogens (tertiary/aromatic N) is 1. The first-order chi connectivity index (χ1) is 16.7. The lowest BCUT2D eigenvalue weighted by molar-refractivity contribution is -0.143. The van der Waals surface area contributed by atoms with Crippen LogP contribution in [0.25, 0.3) is 6.08 Å². The van der Waals surface area contributed by atoms with Crippen molar-refractivity contribution in [2.45, 2.75) is 6.92 Å². The van der Waals surface area contributed by atoms with Crippen LogP contribution in [0.5, 0.6) is 11.5 Å². The summed E-state index contributed by atoms with van der Waals surface area (Å²) in [6, 6.07) is 7.84. The van der Waals surface area contributed by atoms with Gasteiger partial charge < -0.3 is 24.8 Å². The molecule has 0 spiro atoms. The van der Waals surface area contributed by atoms with E-state index in [-0.39, 0.29) is 12.3 Å². The first-order valence-corrected chi connectivity index (χ1v) is 11.4. The zero-order valence-corrected chi connectivity index (χ0v) is 20.9. The van der Waals surface area contributed by atoms with Gasteiger partial charge in [0.1, 0.15) is 18.1 Å². The molecule has 1 saturated heterocycles. The molecule has 0 aliphatic carbocycles. The molecule has 1 fully saturated rings. The Kier molecular flexibility index (Phi) is 8.63. The molecular formula is C23H21FIN3O7. The Morgan fingerprint density at radius 2 is 1.89 bits per heavy atom. The molecule has 0 saturated carbocycles. The molecule has 1 heterocycles. The largest absolute Gasteiger partial charge is 0.490 e. The van der Waals surface area contributed by atoms with E-state index in [4.69, 9.17) is 9.47 Å². The highest BCUT2D eigenvalue weighted by Gasteiger charge is 2.35. The van der Waals surface area contributed by atoms with Gasteiger partial charge in [-0.25, -0.2) is 14.1 Å². The molecule has 0 aromatic heterocycles. The highest BCUT2D eigenvalue weighted by molar-refractivity contribution is 14.1. The Balaban J connectivity index is 1.75. The number of urea groups is 1. The zero-order chi connectivity index (χ0) is 25.5. The number of nitrogens with one attached hydrogen (secondary N) is 2. The number of methoxy groups -OCH3 is 1. The minimum Gasteiger partial charge on any atom is -0.490 e. The number of halogens is 2. The SMILES string of the molecule is CCOc1cc(/C=C2/NC(=O)N(CC(=O)OC)C2=O)cc(I)c1OCC(=O)Nc1ccc(F)cc1. The third-order valence-electron chi connectivity index (χ3n) is 4.60. The average molecular weight is 597 g/mol. The van der Waals surface area contributed by atoms with Crippen molar-refractivity contribution in [3.63, 3.8) is 0 Å². The fourth-order valence-corrected chi connectivity index (χ4v) is 3.80. The molecule has 0 atom stereocenters. The van der Waals surface area contributed by atoms with Crippen molar-refractivity contribution in [3.05, 3.63) is 57.0 Å². The Labute approximate surface area is 213 Å². The van der Waals surface area contributed by atoms with Crippen LogP contribution in [0.1, 0.15) is 12.5 Å². The second-order valence-electron chi connectivity index (χ2n) is 7.06. The van der Waals surface area contributed by atoms with Crippen molar-refractivity contribution >= 4 is 58.2 Å². The van der Waals surface area contributed by atoms with Gasteiger partial charge >= 0.3 is 12.0 Å². The number of imide groups is 1. The smallest absolute Gasteiger partial charge is 0.329 e. The average Bonchev–Trinajstić information content (AvgIpc) is 3.07. The number of rotatable bonds is 9. The molecule has 2 N–H and O–H groups in total. The molecule has 10 nitrogen and oxygen atoms in total. The summed E-state index contributed by atoms with van der Waals surface area (Å²) in [4.78, 5) is 49.0. The van der Waals surface area contributed by atoms with Crippen LogP contribution < -0.4 is 20.1 Å². The Morgan fingerprint density at radius 1 is 1.17 bits per heavy atom. The molecule has 3 rings (SSSR count). The summed E-state index contributed by atoms with van der Waals surface area (Å²) in [6.07, 6.45) is 1.44. The second kappa shape index (κ2) is 11.6. The van der Waals surface area contributed by atoms with Crippen LogP contribution in [0, 0.1) is 9.39 Å². The molecule has 2 aromatic carbocycles. The number of ether oxygens (including phenoxy) is 3. The van der Waals surface area contributed by atoms with E-state index < -0.39 is 36.2 Å². The van der Waals surface area contributed by atoms with Crippen molar-refractivity contribution in [1.29, 1.82) is 0 Å². The highest BCUT2D eigenvalue weighted by atomic mass is 127. The van der Waals surface area contributed by atoms with Gasteiger partial charge in [-0.05, 0) is 77.6 Å². The lowest BCUT2D eigenvalue weighted by atomic mass is 10.1. The molecule has 1 aliphatic rings. The lowest BCUT2D eigenvalue weighted by Gasteiger charge is -2.15. The number of esters is 1. The Bertz CT molecular complexity index is 1180. The fourth-order valence-electron chi connectivity index (χ4n) is 3.02. The van der Waals surface area contributed by atoms with Gasteiger partial charge in [-0.2, -0.15) is 0 Å². The van der Waals surface area contributed by atoms with Crippen molar-refractivity contribution in [2.24, 2.45) is 0 Å². The maximum atomic E-state index is 13.0. The van der Waals surface area contributed by atoms with E-state index in [1.54, 1.807) is 19.1 Å². The quantitative estimate of drug-likeness (QED) is 0.197. The van der Waals surface area contributed by atoms with Gasteiger partial charge in [-0.15, -0.1) is 0 Å². The molecule has 0 unspecified atom stereocenters. The monoisotopic (exact) mass is 597 g/mol. The van der Waals surface area contributed by atoms with E-state index in [1.165, 1.54) is 30.3 Å². The lowest BCUT2D eigenvalue weighted by Crippen LogP contribution is -2.36.